The molecule has 1 aromatic carbocycles. The van der Waals surface area contributed by atoms with Crippen LogP contribution in [0.15, 0.2) is 24.3 Å². The number of carbonyl (C=O) groups excluding carboxylic acids is 1. The van der Waals surface area contributed by atoms with E-state index in [2.05, 4.69) is 6.92 Å². The Hall–Kier alpha value is -1.55. The van der Waals surface area contributed by atoms with E-state index in [0.29, 0.717) is 32.0 Å². The van der Waals surface area contributed by atoms with Gasteiger partial charge in [0.2, 0.25) is 5.91 Å². The van der Waals surface area contributed by atoms with Crippen molar-refractivity contribution in [3.63, 3.8) is 0 Å². The van der Waals surface area contributed by atoms with Crippen molar-refractivity contribution in [1.29, 1.82) is 0 Å². The van der Waals surface area contributed by atoms with E-state index in [0.717, 1.165) is 17.7 Å². The van der Waals surface area contributed by atoms with Gasteiger partial charge in [0.25, 0.3) is 0 Å². The highest BCUT2D eigenvalue weighted by atomic mass is 16.5. The van der Waals surface area contributed by atoms with Crippen LogP contribution in [0.1, 0.15) is 32.3 Å². The first kappa shape index (κ1) is 16.5. The fourth-order valence-corrected chi connectivity index (χ4v) is 1.90. The normalized spacial score (nSPS) is 12.0. The molecule has 4 nitrogen and oxygen atoms in total. The molecule has 0 aliphatic rings. The highest BCUT2D eigenvalue weighted by molar-refractivity contribution is 5.75. The Morgan fingerprint density at radius 1 is 1.35 bits per heavy atom. The molecule has 0 bridgehead atoms. The summed E-state index contributed by atoms with van der Waals surface area (Å²) in [5.41, 5.74) is 6.67. The maximum absolute atomic E-state index is 12.0. The zero-order valence-corrected chi connectivity index (χ0v) is 12.8. The van der Waals surface area contributed by atoms with Crippen molar-refractivity contribution in [3.05, 3.63) is 29.8 Å². The van der Waals surface area contributed by atoms with Crippen LogP contribution in [0.4, 0.5) is 0 Å². The van der Waals surface area contributed by atoms with Crippen molar-refractivity contribution in [3.8, 4) is 5.75 Å². The lowest BCUT2D eigenvalue weighted by molar-refractivity contribution is -0.130. The van der Waals surface area contributed by atoms with Gasteiger partial charge in [0.15, 0.2) is 0 Å². The molecule has 0 heterocycles. The molecule has 0 saturated heterocycles. The van der Waals surface area contributed by atoms with Gasteiger partial charge >= 0.3 is 0 Å². The molecule has 1 atom stereocenters. The second kappa shape index (κ2) is 8.59. The zero-order valence-electron chi connectivity index (χ0n) is 12.8. The number of carbonyl (C=O) groups is 1. The molecule has 1 amide bonds. The van der Waals surface area contributed by atoms with Crippen LogP contribution in [0.2, 0.25) is 0 Å². The molecule has 0 fully saturated rings. The molecule has 0 radical (unpaired) electrons. The lowest BCUT2D eigenvalue weighted by Gasteiger charge is -2.18. The third kappa shape index (κ3) is 5.61. The summed E-state index contributed by atoms with van der Waals surface area (Å²) in [5, 5.41) is 0. The Bertz CT molecular complexity index is 403. The van der Waals surface area contributed by atoms with E-state index in [-0.39, 0.29) is 5.91 Å². The first-order valence-corrected chi connectivity index (χ1v) is 7.22. The molecule has 0 aliphatic carbocycles. The monoisotopic (exact) mass is 278 g/mol. The minimum atomic E-state index is 0.166. The highest BCUT2D eigenvalue weighted by Gasteiger charge is 2.11. The van der Waals surface area contributed by atoms with Crippen LogP contribution in [0.3, 0.4) is 0 Å². The van der Waals surface area contributed by atoms with Gasteiger partial charge in [0.1, 0.15) is 5.75 Å². The topological polar surface area (TPSA) is 55.6 Å². The maximum atomic E-state index is 12.0. The van der Waals surface area contributed by atoms with Crippen LogP contribution >= 0.6 is 0 Å². The van der Waals surface area contributed by atoms with E-state index < -0.39 is 0 Å². The number of nitrogens with zero attached hydrogens (tertiary/aromatic N) is 1. The van der Waals surface area contributed by atoms with Crippen molar-refractivity contribution < 1.29 is 9.53 Å². The molecule has 0 saturated carbocycles. The van der Waals surface area contributed by atoms with Crippen molar-refractivity contribution >= 4 is 5.91 Å². The van der Waals surface area contributed by atoms with Gasteiger partial charge in [-0.1, -0.05) is 19.1 Å². The Kier molecular flexibility index (Phi) is 7.09. The molecule has 1 rings (SSSR count). The fourth-order valence-electron chi connectivity index (χ4n) is 1.90. The predicted molar refractivity (Wildman–Crippen MR) is 81.5 cm³/mol. The van der Waals surface area contributed by atoms with Crippen LogP contribution in [0, 0.1) is 5.92 Å². The zero-order chi connectivity index (χ0) is 15.0. The minimum Gasteiger partial charge on any atom is -0.494 e. The summed E-state index contributed by atoms with van der Waals surface area (Å²) in [6, 6.07) is 7.87. The van der Waals surface area contributed by atoms with Crippen LogP contribution < -0.4 is 10.5 Å². The third-order valence-electron chi connectivity index (χ3n) is 3.33. The Morgan fingerprint density at radius 2 is 2.00 bits per heavy atom. The van der Waals surface area contributed by atoms with Crippen molar-refractivity contribution in [2.24, 2.45) is 11.7 Å². The van der Waals surface area contributed by atoms with Crippen LogP contribution in [0.25, 0.3) is 0 Å². The molecule has 0 spiro atoms. The quantitative estimate of drug-likeness (QED) is 0.794. The van der Waals surface area contributed by atoms with E-state index in [4.69, 9.17) is 10.5 Å². The Labute approximate surface area is 121 Å². The van der Waals surface area contributed by atoms with Crippen molar-refractivity contribution in [2.75, 3.05) is 20.2 Å². The van der Waals surface area contributed by atoms with Gasteiger partial charge in [-0.2, -0.15) is 0 Å². The van der Waals surface area contributed by atoms with E-state index in [1.165, 1.54) is 0 Å². The molecule has 4 heteroatoms. The molecule has 2 N–H and O–H groups in total. The van der Waals surface area contributed by atoms with E-state index in [1.54, 1.807) is 4.90 Å². The van der Waals surface area contributed by atoms with Gasteiger partial charge < -0.3 is 15.4 Å². The lowest BCUT2D eigenvalue weighted by Crippen LogP contribution is -2.26. The fraction of sp³-hybridized carbons (Fsp3) is 0.562. The van der Waals surface area contributed by atoms with Gasteiger partial charge in [-0.25, -0.2) is 0 Å². The second-order valence-electron chi connectivity index (χ2n) is 5.21. The summed E-state index contributed by atoms with van der Waals surface area (Å²) in [6.45, 7) is 5.96. The highest BCUT2D eigenvalue weighted by Crippen LogP contribution is 2.14. The molecule has 112 valence electrons. The largest absolute Gasteiger partial charge is 0.494 e. The van der Waals surface area contributed by atoms with Crippen molar-refractivity contribution in [1.82, 2.24) is 4.90 Å². The van der Waals surface area contributed by atoms with Crippen molar-refractivity contribution in [2.45, 2.75) is 33.2 Å². The van der Waals surface area contributed by atoms with E-state index in [9.17, 15) is 4.79 Å². The number of ether oxygens (including phenoxy) is 1. The number of hydrogen-bond acceptors (Lipinski definition) is 3. The smallest absolute Gasteiger partial charge is 0.222 e. The molecular formula is C16H26N2O2. The maximum Gasteiger partial charge on any atom is 0.222 e. The molecule has 1 aromatic rings. The summed E-state index contributed by atoms with van der Waals surface area (Å²) < 4.78 is 5.40. The number of benzene rings is 1. The summed E-state index contributed by atoms with van der Waals surface area (Å²) in [6.07, 6.45) is 1.41. The van der Waals surface area contributed by atoms with Gasteiger partial charge in [0, 0.05) is 20.0 Å². The minimum absolute atomic E-state index is 0.166. The number of rotatable bonds is 8. The average Bonchev–Trinajstić information content (AvgIpc) is 2.46. The summed E-state index contributed by atoms with van der Waals surface area (Å²) in [4.78, 5) is 13.8. The van der Waals surface area contributed by atoms with Crippen LogP contribution in [0.5, 0.6) is 5.75 Å². The van der Waals surface area contributed by atoms with Crippen LogP contribution in [-0.4, -0.2) is 31.0 Å². The second-order valence-corrected chi connectivity index (χ2v) is 5.21. The summed E-state index contributed by atoms with van der Waals surface area (Å²) >= 11 is 0. The molecule has 20 heavy (non-hydrogen) atoms. The lowest BCUT2D eigenvalue weighted by atomic mass is 10.1. The van der Waals surface area contributed by atoms with Gasteiger partial charge in [-0.15, -0.1) is 0 Å². The Morgan fingerprint density at radius 3 is 2.55 bits per heavy atom. The molecule has 1 unspecified atom stereocenters. The third-order valence-corrected chi connectivity index (χ3v) is 3.33. The van der Waals surface area contributed by atoms with Gasteiger partial charge in [-0.05, 0) is 43.5 Å². The number of amides is 1. The summed E-state index contributed by atoms with van der Waals surface area (Å²) in [7, 11) is 1.84. The molecule has 0 aromatic heterocycles. The predicted octanol–water partition coefficient (Wildman–Crippen LogP) is 2.42. The van der Waals surface area contributed by atoms with E-state index >= 15 is 0 Å². The summed E-state index contributed by atoms with van der Waals surface area (Å²) in [5.74, 6) is 1.43. The van der Waals surface area contributed by atoms with Crippen LogP contribution in [-0.2, 0) is 11.3 Å². The first-order valence-electron chi connectivity index (χ1n) is 7.22. The molecular weight excluding hydrogens is 252 g/mol. The number of nitrogens with two attached hydrogens (primary N) is 1. The van der Waals surface area contributed by atoms with Gasteiger partial charge in [0.05, 0.1) is 6.61 Å². The average molecular weight is 278 g/mol. The molecule has 0 aliphatic heterocycles. The van der Waals surface area contributed by atoms with Gasteiger partial charge in [-0.3, -0.25) is 4.79 Å². The van der Waals surface area contributed by atoms with E-state index in [1.807, 2.05) is 38.2 Å². The standard InChI is InChI=1S/C16H26N2O2/c1-4-20-15-8-6-14(7-9-15)12-18(3)16(19)10-5-13(2)11-17/h6-9,13H,4-5,10-12,17H2,1-3H3. The first-order chi connectivity index (χ1) is 9.56. The number of hydrogen-bond donors (Lipinski definition) is 1. The Balaban J connectivity index is 2.44. The SMILES string of the molecule is CCOc1ccc(CN(C)C(=O)CCC(C)CN)cc1.